The third-order valence-corrected chi connectivity index (χ3v) is 5.10. The fraction of sp³-hybridized carbons (Fsp3) is 0.333. The lowest BCUT2D eigenvalue weighted by Crippen LogP contribution is -2.38. The summed E-state index contributed by atoms with van der Waals surface area (Å²) in [6, 6.07) is 8.92. The van der Waals surface area contributed by atoms with E-state index in [1.807, 2.05) is 18.2 Å². The Balaban J connectivity index is 1.36. The zero-order chi connectivity index (χ0) is 19.5. The van der Waals surface area contributed by atoms with E-state index in [9.17, 15) is 10.1 Å². The number of benzene rings is 1. The molecule has 1 fully saturated rings. The second-order valence-electron chi connectivity index (χ2n) is 6.52. The van der Waals surface area contributed by atoms with Gasteiger partial charge in [-0.05, 0) is 24.4 Å². The van der Waals surface area contributed by atoms with Gasteiger partial charge < -0.3 is 19.7 Å². The number of nitrogens with one attached hydrogen (secondary N) is 2. The molecule has 2 aromatic rings. The van der Waals surface area contributed by atoms with Gasteiger partial charge in [-0.25, -0.2) is 4.98 Å². The largest absolute Gasteiger partial charge is 0.454 e. The molecule has 2 N–H and O–H groups in total. The highest BCUT2D eigenvalue weighted by atomic mass is 32.1. The molecular weight excluding hydrogens is 382 g/mol. The van der Waals surface area contributed by atoms with Crippen LogP contribution in [0.25, 0.3) is 0 Å². The monoisotopic (exact) mass is 402 g/mol. The Morgan fingerprint density at radius 3 is 2.79 bits per heavy atom. The van der Waals surface area contributed by atoms with Crippen molar-refractivity contribution in [1.82, 2.24) is 4.90 Å². The number of hydrogen-bond acceptors (Lipinski definition) is 6. The lowest BCUT2D eigenvalue weighted by atomic mass is 10.3. The minimum absolute atomic E-state index is 0.0503. The van der Waals surface area contributed by atoms with Crippen LogP contribution in [0, 0.1) is 10.1 Å². The Morgan fingerprint density at radius 1 is 1.14 bits per heavy atom. The summed E-state index contributed by atoms with van der Waals surface area (Å²) in [5.41, 5.74) is 0.911. The second-order valence-corrected chi connectivity index (χ2v) is 6.90. The van der Waals surface area contributed by atoms with E-state index >= 15 is 0 Å². The molecule has 0 unspecified atom stereocenters. The lowest BCUT2D eigenvalue weighted by molar-refractivity contribution is -0.414. The summed E-state index contributed by atoms with van der Waals surface area (Å²) in [4.78, 5) is 17.7. The van der Waals surface area contributed by atoms with Gasteiger partial charge in [0.15, 0.2) is 22.8 Å². The van der Waals surface area contributed by atoms with E-state index in [1.165, 1.54) is 12.3 Å². The highest BCUT2D eigenvalue weighted by molar-refractivity contribution is 7.80. The zero-order valence-electron chi connectivity index (χ0n) is 15.1. The van der Waals surface area contributed by atoms with Gasteiger partial charge in [-0.3, -0.25) is 15.0 Å². The van der Waals surface area contributed by atoms with Crippen molar-refractivity contribution >= 4 is 34.5 Å². The molecule has 0 radical (unpaired) electrons. The number of nitrogens with zero attached hydrogens (tertiary/aromatic N) is 3. The van der Waals surface area contributed by atoms with Crippen molar-refractivity contribution in [3.63, 3.8) is 0 Å². The summed E-state index contributed by atoms with van der Waals surface area (Å²) >= 11 is 5.59. The topological polar surface area (TPSA) is 94.3 Å². The third-order valence-electron chi connectivity index (χ3n) is 4.74. The lowest BCUT2D eigenvalue weighted by Gasteiger charge is -2.23. The summed E-state index contributed by atoms with van der Waals surface area (Å²) in [6.45, 7) is 3.43. The molecule has 0 amide bonds. The maximum atomic E-state index is 10.8. The molecule has 10 heteroatoms. The van der Waals surface area contributed by atoms with E-state index in [-0.39, 0.29) is 12.5 Å². The predicted octanol–water partition coefficient (Wildman–Crippen LogP) is 2.05. The number of ether oxygens (including phenoxy) is 2. The van der Waals surface area contributed by atoms with Crippen LogP contribution in [-0.4, -0.2) is 47.9 Å². The fourth-order valence-corrected chi connectivity index (χ4v) is 3.56. The van der Waals surface area contributed by atoms with Crippen LogP contribution < -0.4 is 24.7 Å². The molecule has 0 saturated carbocycles. The molecule has 0 aliphatic carbocycles. The van der Waals surface area contributed by atoms with Gasteiger partial charge in [0.1, 0.15) is 6.54 Å². The van der Waals surface area contributed by atoms with Crippen LogP contribution in [0.1, 0.15) is 6.42 Å². The summed E-state index contributed by atoms with van der Waals surface area (Å²) in [6.07, 6.45) is 2.34. The molecule has 146 valence electrons. The van der Waals surface area contributed by atoms with Gasteiger partial charge in [0, 0.05) is 36.9 Å². The van der Waals surface area contributed by atoms with Gasteiger partial charge in [-0.15, -0.1) is 0 Å². The molecule has 2 aliphatic heterocycles. The van der Waals surface area contributed by atoms with Crippen molar-refractivity contribution in [3.05, 3.63) is 46.6 Å². The van der Waals surface area contributed by atoms with Crippen LogP contribution in [-0.2, 0) is 0 Å². The van der Waals surface area contributed by atoms with Crippen molar-refractivity contribution in [3.8, 4) is 11.5 Å². The Bertz CT molecular complexity index is 892. The predicted molar refractivity (Wildman–Crippen MR) is 107 cm³/mol. The van der Waals surface area contributed by atoms with E-state index in [2.05, 4.69) is 20.1 Å². The van der Waals surface area contributed by atoms with Crippen molar-refractivity contribution in [2.45, 2.75) is 6.42 Å². The van der Waals surface area contributed by atoms with Crippen LogP contribution in [0.2, 0.25) is 0 Å². The van der Waals surface area contributed by atoms with Gasteiger partial charge in [-0.2, -0.15) is 0 Å². The molecule has 4 rings (SSSR count). The van der Waals surface area contributed by atoms with Gasteiger partial charge in [0.05, 0.1) is 18.0 Å². The van der Waals surface area contributed by atoms with Crippen molar-refractivity contribution < 1.29 is 19.4 Å². The molecule has 0 atom stereocenters. The Hall–Kier alpha value is -3.14. The third kappa shape index (κ3) is 3.91. The highest BCUT2D eigenvalue weighted by Crippen LogP contribution is 2.34. The molecule has 1 aromatic carbocycles. The first-order chi connectivity index (χ1) is 13.6. The van der Waals surface area contributed by atoms with Crippen LogP contribution >= 0.6 is 12.2 Å². The normalized spacial score (nSPS) is 15.9. The number of H-pyrrole nitrogens is 1. The molecule has 0 spiro atoms. The number of aromatic amines is 1. The number of hydrogen-bond donors (Lipinski definition) is 1. The number of pyridine rings is 1. The fourth-order valence-electron chi connectivity index (χ4n) is 3.26. The van der Waals surface area contributed by atoms with E-state index in [0.29, 0.717) is 10.9 Å². The number of nitro groups is 1. The van der Waals surface area contributed by atoms with E-state index in [4.69, 9.17) is 21.7 Å². The summed E-state index contributed by atoms with van der Waals surface area (Å²) in [5, 5.41) is 14.7. The van der Waals surface area contributed by atoms with Crippen molar-refractivity contribution in [1.29, 1.82) is 0 Å². The number of thiocarbonyl (C=S) groups is 1. The number of aromatic nitrogens is 1. The molecule has 2 aliphatic rings. The molecule has 0 bridgehead atoms. The second kappa shape index (κ2) is 7.85. The minimum atomic E-state index is -0.412. The van der Waals surface area contributed by atoms with Gasteiger partial charge in [-0.1, -0.05) is 0 Å². The summed E-state index contributed by atoms with van der Waals surface area (Å²) in [5.74, 6) is 2.31. The number of fused-ring (bicyclic) bond motifs is 1. The molecule has 1 saturated heterocycles. The summed E-state index contributed by atoms with van der Waals surface area (Å²) < 4.78 is 10.7. The Morgan fingerprint density at radius 2 is 2.00 bits per heavy atom. The molecular formula is C18H20N5O4S+. The first-order valence-electron chi connectivity index (χ1n) is 8.97. The molecule has 3 heterocycles. The number of anilines is 2. The van der Waals surface area contributed by atoms with Crippen LogP contribution in [0.3, 0.4) is 0 Å². The van der Waals surface area contributed by atoms with Crippen molar-refractivity contribution in [2.24, 2.45) is 0 Å². The summed E-state index contributed by atoms with van der Waals surface area (Å²) in [7, 11) is 0. The van der Waals surface area contributed by atoms with Crippen LogP contribution in [0.5, 0.6) is 11.5 Å². The average molecular weight is 402 g/mol. The SMILES string of the molecule is O=[N+]([O-])c1ccc(N2CCCN(C(=S)Nc3ccc4c(c3)OCO4)CC2)[nH+]c1. The maximum absolute atomic E-state index is 10.8. The molecule has 28 heavy (non-hydrogen) atoms. The van der Waals surface area contributed by atoms with Gasteiger partial charge in [0.25, 0.3) is 5.82 Å². The van der Waals surface area contributed by atoms with Gasteiger partial charge >= 0.3 is 5.69 Å². The van der Waals surface area contributed by atoms with Crippen molar-refractivity contribution in [2.75, 3.05) is 43.2 Å². The van der Waals surface area contributed by atoms with E-state index in [0.717, 1.165) is 49.9 Å². The molecule has 1 aromatic heterocycles. The maximum Gasteiger partial charge on any atom is 0.308 e. The van der Waals surface area contributed by atoms with E-state index < -0.39 is 4.92 Å². The highest BCUT2D eigenvalue weighted by Gasteiger charge is 2.23. The molecule has 9 nitrogen and oxygen atoms in total. The average Bonchev–Trinajstić information content (AvgIpc) is 3.02. The zero-order valence-corrected chi connectivity index (χ0v) is 15.9. The van der Waals surface area contributed by atoms with Gasteiger partial charge in [0.2, 0.25) is 6.79 Å². The van der Waals surface area contributed by atoms with E-state index in [1.54, 1.807) is 6.07 Å². The van der Waals surface area contributed by atoms with Crippen LogP contribution in [0.4, 0.5) is 17.2 Å². The standard InChI is InChI=1S/C18H19N5O4S/c24-23(25)14-3-5-17(19-11-14)21-6-1-7-22(9-8-21)18(28)20-13-2-4-15-16(10-13)27-12-26-15/h2-5,10-11H,1,6-9,12H2,(H,20,28)/p+1. The first kappa shape index (κ1) is 18.2. The Labute approximate surface area is 167 Å². The first-order valence-corrected chi connectivity index (χ1v) is 9.37. The quantitative estimate of drug-likeness (QED) is 0.474. The number of rotatable bonds is 3. The minimum Gasteiger partial charge on any atom is -0.454 e. The smallest absolute Gasteiger partial charge is 0.308 e. The van der Waals surface area contributed by atoms with Crippen LogP contribution in [0.15, 0.2) is 36.5 Å². The Kier molecular flexibility index (Phi) is 5.11.